The Bertz CT molecular complexity index is 476. The minimum absolute atomic E-state index is 0.758. The van der Waals surface area contributed by atoms with Crippen LogP contribution in [0.5, 0.6) is 0 Å². The summed E-state index contributed by atoms with van der Waals surface area (Å²) in [7, 11) is 0. The van der Waals surface area contributed by atoms with E-state index in [1.807, 2.05) is 0 Å². The van der Waals surface area contributed by atoms with Crippen molar-refractivity contribution in [2.75, 3.05) is 19.6 Å². The van der Waals surface area contributed by atoms with Gasteiger partial charge in [0, 0.05) is 23.1 Å². The smallest absolute Gasteiger partial charge is 0.0175 e. The molecule has 0 spiro atoms. The van der Waals surface area contributed by atoms with E-state index in [1.165, 1.54) is 61.8 Å². The van der Waals surface area contributed by atoms with Gasteiger partial charge in [0.25, 0.3) is 0 Å². The van der Waals surface area contributed by atoms with E-state index in [9.17, 15) is 0 Å². The average Bonchev–Trinajstić information content (AvgIpc) is 3.19. The van der Waals surface area contributed by atoms with Gasteiger partial charge in [-0.2, -0.15) is 0 Å². The molecule has 1 aromatic rings. The topological polar surface area (TPSA) is 15.3 Å². The second-order valence-electron chi connectivity index (χ2n) is 7.21. The quantitative estimate of drug-likeness (QED) is 0.871. The van der Waals surface area contributed by atoms with Crippen LogP contribution in [0.2, 0.25) is 0 Å². The minimum Gasteiger partial charge on any atom is -0.314 e. The van der Waals surface area contributed by atoms with Crippen molar-refractivity contribution in [2.45, 2.75) is 50.1 Å². The number of nitrogens with zero attached hydrogens (tertiary/aromatic N) is 1. The summed E-state index contributed by atoms with van der Waals surface area (Å²) in [6, 6.07) is 10.6. The van der Waals surface area contributed by atoms with Crippen molar-refractivity contribution >= 4 is 15.9 Å². The number of hydrogen-bond acceptors (Lipinski definition) is 2. The zero-order valence-electron chi connectivity index (χ0n) is 12.6. The molecule has 3 fully saturated rings. The Morgan fingerprint density at radius 1 is 1.10 bits per heavy atom. The van der Waals surface area contributed by atoms with Crippen LogP contribution in [0.1, 0.15) is 43.6 Å². The Morgan fingerprint density at radius 2 is 1.86 bits per heavy atom. The highest BCUT2D eigenvalue weighted by molar-refractivity contribution is 9.10. The van der Waals surface area contributed by atoms with Crippen molar-refractivity contribution in [3.05, 3.63) is 34.3 Å². The molecule has 2 aliphatic carbocycles. The van der Waals surface area contributed by atoms with Gasteiger partial charge in [-0.15, -0.1) is 0 Å². The van der Waals surface area contributed by atoms with Gasteiger partial charge in [-0.1, -0.05) is 28.1 Å². The third-order valence-electron chi connectivity index (χ3n) is 5.56. The Labute approximate surface area is 136 Å². The first-order valence-corrected chi connectivity index (χ1v) is 9.30. The number of nitrogens with one attached hydrogen (secondary N) is 1. The van der Waals surface area contributed by atoms with Crippen LogP contribution >= 0.6 is 15.9 Å². The third kappa shape index (κ3) is 3.35. The minimum atomic E-state index is 0.758. The summed E-state index contributed by atoms with van der Waals surface area (Å²) in [6.45, 7) is 3.94. The van der Waals surface area contributed by atoms with Gasteiger partial charge in [0.1, 0.15) is 0 Å². The van der Waals surface area contributed by atoms with E-state index in [-0.39, 0.29) is 0 Å². The molecule has 2 nitrogen and oxygen atoms in total. The van der Waals surface area contributed by atoms with Crippen LogP contribution in [0.25, 0.3) is 0 Å². The van der Waals surface area contributed by atoms with E-state index in [4.69, 9.17) is 0 Å². The van der Waals surface area contributed by atoms with Gasteiger partial charge >= 0.3 is 0 Å². The second kappa shape index (κ2) is 6.02. The van der Waals surface area contributed by atoms with E-state index in [0.717, 1.165) is 23.9 Å². The van der Waals surface area contributed by atoms with Crippen molar-refractivity contribution in [3.8, 4) is 0 Å². The van der Waals surface area contributed by atoms with Crippen LogP contribution in [0.15, 0.2) is 28.7 Å². The Morgan fingerprint density at radius 3 is 2.57 bits per heavy atom. The van der Waals surface area contributed by atoms with Gasteiger partial charge in [0.05, 0.1) is 0 Å². The van der Waals surface area contributed by atoms with Crippen molar-refractivity contribution in [1.82, 2.24) is 10.2 Å². The summed E-state index contributed by atoms with van der Waals surface area (Å²) in [4.78, 5) is 2.72. The first-order chi connectivity index (χ1) is 10.3. The van der Waals surface area contributed by atoms with E-state index < -0.39 is 0 Å². The molecule has 21 heavy (non-hydrogen) atoms. The number of likely N-dealkylation sites (tertiary alicyclic amines) is 1. The van der Waals surface area contributed by atoms with Gasteiger partial charge in [-0.05, 0) is 74.7 Å². The van der Waals surface area contributed by atoms with Crippen LogP contribution < -0.4 is 5.32 Å². The molecule has 0 aromatic heterocycles. The highest BCUT2D eigenvalue weighted by Crippen LogP contribution is 2.37. The molecular formula is C18H25BrN2. The highest BCUT2D eigenvalue weighted by atomic mass is 79.9. The van der Waals surface area contributed by atoms with E-state index >= 15 is 0 Å². The third-order valence-corrected chi connectivity index (χ3v) is 6.08. The normalized spacial score (nSPS) is 33.1. The van der Waals surface area contributed by atoms with Crippen molar-refractivity contribution in [3.63, 3.8) is 0 Å². The average molecular weight is 349 g/mol. The standard InChI is InChI=1S/C18H25BrN2/c19-16-3-1-14(2-4-16)15-9-17(10-15)20-11-13-7-8-21(12-13)18-5-6-18/h1-4,13,15,17-18,20H,5-12H2. The van der Waals surface area contributed by atoms with E-state index in [2.05, 4.69) is 50.4 Å². The van der Waals surface area contributed by atoms with Crippen LogP contribution in [0.4, 0.5) is 0 Å². The summed E-state index contributed by atoms with van der Waals surface area (Å²) in [5.74, 6) is 1.68. The SMILES string of the molecule is Brc1ccc(C2CC(NCC3CCN(C4CC4)C3)C2)cc1. The molecule has 114 valence electrons. The lowest BCUT2D eigenvalue weighted by Gasteiger charge is -2.37. The molecule has 3 aliphatic rings. The monoisotopic (exact) mass is 348 g/mol. The Kier molecular flexibility index (Phi) is 4.08. The van der Waals surface area contributed by atoms with Crippen LogP contribution in [-0.4, -0.2) is 36.6 Å². The largest absolute Gasteiger partial charge is 0.314 e. The lowest BCUT2D eigenvalue weighted by atomic mass is 9.76. The lowest BCUT2D eigenvalue weighted by Crippen LogP contribution is -2.42. The number of benzene rings is 1. The maximum Gasteiger partial charge on any atom is 0.0175 e. The first kappa shape index (κ1) is 14.2. The molecule has 4 rings (SSSR count). The maximum absolute atomic E-state index is 3.82. The summed E-state index contributed by atoms with van der Waals surface area (Å²) in [5, 5.41) is 3.82. The number of rotatable bonds is 5. The molecule has 0 amide bonds. The molecule has 2 saturated carbocycles. The fraction of sp³-hybridized carbons (Fsp3) is 0.667. The van der Waals surface area contributed by atoms with Gasteiger partial charge in [0.2, 0.25) is 0 Å². The molecule has 1 heterocycles. The fourth-order valence-corrected chi connectivity index (χ4v) is 4.19. The molecule has 0 bridgehead atoms. The summed E-state index contributed by atoms with van der Waals surface area (Å²) in [6.07, 6.45) is 6.96. The molecule has 0 radical (unpaired) electrons. The summed E-state index contributed by atoms with van der Waals surface area (Å²) < 4.78 is 1.18. The van der Waals surface area contributed by atoms with Gasteiger partial charge in [-0.3, -0.25) is 0 Å². The molecule has 1 atom stereocenters. The van der Waals surface area contributed by atoms with Crippen LogP contribution in [-0.2, 0) is 0 Å². The molecule has 1 saturated heterocycles. The first-order valence-electron chi connectivity index (χ1n) is 8.51. The van der Waals surface area contributed by atoms with Gasteiger partial charge < -0.3 is 10.2 Å². The fourth-order valence-electron chi connectivity index (χ4n) is 3.93. The number of halogens is 1. The summed E-state index contributed by atoms with van der Waals surface area (Å²) in [5.41, 5.74) is 1.51. The predicted octanol–water partition coefficient (Wildman–Crippen LogP) is 3.77. The van der Waals surface area contributed by atoms with Gasteiger partial charge in [0.15, 0.2) is 0 Å². The lowest BCUT2D eigenvalue weighted by molar-refractivity contribution is 0.268. The predicted molar refractivity (Wildman–Crippen MR) is 90.6 cm³/mol. The van der Waals surface area contributed by atoms with E-state index in [1.54, 1.807) is 0 Å². The molecular weight excluding hydrogens is 324 g/mol. The van der Waals surface area contributed by atoms with Crippen molar-refractivity contribution < 1.29 is 0 Å². The summed E-state index contributed by atoms with van der Waals surface area (Å²) >= 11 is 3.51. The Balaban J connectivity index is 1.18. The van der Waals surface area contributed by atoms with Gasteiger partial charge in [-0.25, -0.2) is 0 Å². The zero-order chi connectivity index (χ0) is 14.2. The second-order valence-corrected chi connectivity index (χ2v) is 8.12. The molecule has 1 N–H and O–H groups in total. The maximum atomic E-state index is 3.82. The van der Waals surface area contributed by atoms with Crippen LogP contribution in [0.3, 0.4) is 0 Å². The van der Waals surface area contributed by atoms with E-state index in [0.29, 0.717) is 0 Å². The Hall–Kier alpha value is -0.380. The number of hydrogen-bond donors (Lipinski definition) is 1. The molecule has 1 aliphatic heterocycles. The van der Waals surface area contributed by atoms with Crippen molar-refractivity contribution in [2.24, 2.45) is 5.92 Å². The molecule has 1 unspecified atom stereocenters. The highest BCUT2D eigenvalue weighted by Gasteiger charge is 2.35. The molecule has 1 aromatic carbocycles. The zero-order valence-corrected chi connectivity index (χ0v) is 14.2. The molecule has 3 heteroatoms. The van der Waals surface area contributed by atoms with Crippen molar-refractivity contribution in [1.29, 1.82) is 0 Å². The van der Waals surface area contributed by atoms with Crippen LogP contribution in [0, 0.1) is 5.92 Å².